The first-order valence-electron chi connectivity index (χ1n) is 11.1. The summed E-state index contributed by atoms with van der Waals surface area (Å²) in [6.07, 6.45) is 2.73. The molecule has 4 rings (SSSR count). The van der Waals surface area contributed by atoms with Crippen LogP contribution in [0.5, 0.6) is 5.75 Å². The lowest BCUT2D eigenvalue weighted by Gasteiger charge is -2.39. The van der Waals surface area contributed by atoms with E-state index in [0.717, 1.165) is 67.9 Å². The molecule has 3 heterocycles. The van der Waals surface area contributed by atoms with Gasteiger partial charge in [0.15, 0.2) is 0 Å². The van der Waals surface area contributed by atoms with Gasteiger partial charge >= 0.3 is 0 Å². The van der Waals surface area contributed by atoms with Crippen LogP contribution in [0, 0.1) is 12.8 Å². The molecule has 6 heteroatoms. The van der Waals surface area contributed by atoms with Crippen molar-refractivity contribution in [2.24, 2.45) is 5.92 Å². The number of morpholine rings is 1. The van der Waals surface area contributed by atoms with Crippen LogP contribution in [-0.4, -0.2) is 72.7 Å². The monoisotopic (exact) mass is 411 g/mol. The summed E-state index contributed by atoms with van der Waals surface area (Å²) < 4.78 is 11.1. The van der Waals surface area contributed by atoms with Gasteiger partial charge in [0, 0.05) is 44.2 Å². The van der Waals surface area contributed by atoms with Gasteiger partial charge < -0.3 is 14.4 Å². The van der Waals surface area contributed by atoms with Gasteiger partial charge in [0.25, 0.3) is 5.91 Å². The van der Waals surface area contributed by atoms with Crippen molar-refractivity contribution in [3.8, 4) is 5.75 Å². The fourth-order valence-electron chi connectivity index (χ4n) is 4.87. The molecule has 0 bridgehead atoms. The molecule has 0 saturated carbocycles. The van der Waals surface area contributed by atoms with Crippen LogP contribution in [0.4, 0.5) is 0 Å². The van der Waals surface area contributed by atoms with Crippen molar-refractivity contribution in [3.05, 3.63) is 35.5 Å². The standard InChI is InChI=1S/C24H33N3O3/c1-16-13-26(14-17(2)30-16)15-19-7-9-27(10-8-19)24(28)22-11-20-5-6-21(29-4)12-23(20)25-18(22)3/h5-6,11-12,16-17,19H,7-10,13-15H2,1-4H3. The number of fused-ring (bicyclic) bond motifs is 1. The second-order valence-corrected chi connectivity index (χ2v) is 8.89. The molecule has 162 valence electrons. The molecule has 2 fully saturated rings. The summed E-state index contributed by atoms with van der Waals surface area (Å²) in [5.74, 6) is 1.53. The Morgan fingerprint density at radius 3 is 2.53 bits per heavy atom. The van der Waals surface area contributed by atoms with Crippen molar-refractivity contribution in [3.63, 3.8) is 0 Å². The number of likely N-dealkylation sites (tertiary alicyclic amines) is 1. The largest absolute Gasteiger partial charge is 0.497 e. The van der Waals surface area contributed by atoms with Gasteiger partial charge in [-0.05, 0) is 57.7 Å². The molecule has 2 aromatic rings. The van der Waals surface area contributed by atoms with Crippen LogP contribution >= 0.6 is 0 Å². The Hall–Kier alpha value is -2.18. The number of aromatic nitrogens is 1. The maximum absolute atomic E-state index is 13.2. The number of benzene rings is 1. The Kier molecular flexibility index (Phi) is 6.25. The first-order valence-corrected chi connectivity index (χ1v) is 11.1. The zero-order valence-corrected chi connectivity index (χ0v) is 18.6. The zero-order chi connectivity index (χ0) is 21.3. The van der Waals surface area contributed by atoms with Crippen molar-refractivity contribution in [1.82, 2.24) is 14.8 Å². The molecule has 1 aromatic carbocycles. The number of piperidine rings is 1. The van der Waals surface area contributed by atoms with Gasteiger partial charge in [0.1, 0.15) is 5.75 Å². The summed E-state index contributed by atoms with van der Waals surface area (Å²) in [6.45, 7) is 11.0. The van der Waals surface area contributed by atoms with E-state index in [1.54, 1.807) is 7.11 Å². The van der Waals surface area contributed by atoms with Gasteiger partial charge in [-0.1, -0.05) is 0 Å². The molecule has 0 aliphatic carbocycles. The summed E-state index contributed by atoms with van der Waals surface area (Å²) in [5, 5.41) is 0.968. The molecule has 30 heavy (non-hydrogen) atoms. The minimum atomic E-state index is 0.102. The van der Waals surface area contributed by atoms with Crippen LogP contribution in [0.1, 0.15) is 42.7 Å². The topological polar surface area (TPSA) is 54.9 Å². The third kappa shape index (κ3) is 4.60. The average molecular weight is 412 g/mol. The minimum Gasteiger partial charge on any atom is -0.497 e. The Labute approximate surface area is 179 Å². The summed E-state index contributed by atoms with van der Waals surface area (Å²) >= 11 is 0. The van der Waals surface area contributed by atoms with Crippen molar-refractivity contribution in [2.75, 3.05) is 39.8 Å². The van der Waals surface area contributed by atoms with Crippen LogP contribution in [0.15, 0.2) is 24.3 Å². The number of aryl methyl sites for hydroxylation is 1. The number of rotatable bonds is 4. The highest BCUT2D eigenvalue weighted by atomic mass is 16.5. The number of carbonyl (C=O) groups excluding carboxylic acids is 1. The number of ether oxygens (including phenoxy) is 2. The lowest BCUT2D eigenvalue weighted by Crippen LogP contribution is -2.48. The van der Waals surface area contributed by atoms with Crippen molar-refractivity contribution in [1.29, 1.82) is 0 Å². The van der Waals surface area contributed by atoms with Gasteiger partial charge in [-0.15, -0.1) is 0 Å². The average Bonchev–Trinajstić information content (AvgIpc) is 2.72. The highest BCUT2D eigenvalue weighted by Crippen LogP contribution is 2.25. The van der Waals surface area contributed by atoms with Crippen LogP contribution in [0.25, 0.3) is 10.9 Å². The molecule has 2 unspecified atom stereocenters. The number of methoxy groups -OCH3 is 1. The number of carbonyl (C=O) groups is 1. The quantitative estimate of drug-likeness (QED) is 0.771. The smallest absolute Gasteiger partial charge is 0.255 e. The summed E-state index contributed by atoms with van der Waals surface area (Å²) in [5.41, 5.74) is 2.34. The maximum atomic E-state index is 13.2. The van der Waals surface area contributed by atoms with E-state index in [1.807, 2.05) is 36.1 Å². The van der Waals surface area contributed by atoms with Crippen LogP contribution in [-0.2, 0) is 4.74 Å². The van der Waals surface area contributed by atoms with Crippen LogP contribution < -0.4 is 4.74 Å². The molecular weight excluding hydrogens is 378 g/mol. The molecule has 1 aromatic heterocycles. The van der Waals surface area contributed by atoms with Gasteiger partial charge in [0.2, 0.25) is 0 Å². The Morgan fingerprint density at radius 2 is 1.87 bits per heavy atom. The van der Waals surface area contributed by atoms with Gasteiger partial charge in [-0.2, -0.15) is 0 Å². The van der Waals surface area contributed by atoms with E-state index in [4.69, 9.17) is 9.47 Å². The predicted molar refractivity (Wildman–Crippen MR) is 118 cm³/mol. The van der Waals surface area contributed by atoms with E-state index in [-0.39, 0.29) is 5.91 Å². The molecule has 2 aliphatic rings. The van der Waals surface area contributed by atoms with Crippen molar-refractivity contribution < 1.29 is 14.3 Å². The van der Waals surface area contributed by atoms with E-state index >= 15 is 0 Å². The number of hydrogen-bond donors (Lipinski definition) is 0. The Balaban J connectivity index is 1.39. The first kappa shape index (κ1) is 21.1. The lowest BCUT2D eigenvalue weighted by atomic mass is 9.95. The molecule has 0 N–H and O–H groups in total. The second kappa shape index (κ2) is 8.90. The Bertz CT molecular complexity index is 898. The third-order valence-corrected chi connectivity index (χ3v) is 6.36. The summed E-state index contributed by atoms with van der Waals surface area (Å²) in [7, 11) is 1.65. The van der Waals surface area contributed by atoms with Crippen molar-refractivity contribution in [2.45, 2.75) is 45.8 Å². The normalized spacial score (nSPS) is 23.7. The lowest BCUT2D eigenvalue weighted by molar-refractivity contribution is -0.0728. The summed E-state index contributed by atoms with van der Waals surface area (Å²) in [4.78, 5) is 22.4. The zero-order valence-electron chi connectivity index (χ0n) is 18.6. The predicted octanol–water partition coefficient (Wildman–Crippen LogP) is 3.51. The van der Waals surface area contributed by atoms with Crippen LogP contribution in [0.2, 0.25) is 0 Å². The highest BCUT2D eigenvalue weighted by molar-refractivity contribution is 5.98. The molecule has 6 nitrogen and oxygen atoms in total. The molecular formula is C24H33N3O3. The molecule has 2 aliphatic heterocycles. The van der Waals surface area contributed by atoms with Gasteiger partial charge in [0.05, 0.1) is 36.1 Å². The molecule has 2 saturated heterocycles. The fourth-order valence-corrected chi connectivity index (χ4v) is 4.87. The summed E-state index contributed by atoms with van der Waals surface area (Å²) in [6, 6.07) is 7.76. The molecule has 1 amide bonds. The molecule has 2 atom stereocenters. The first-order chi connectivity index (χ1) is 14.4. The third-order valence-electron chi connectivity index (χ3n) is 6.36. The van der Waals surface area contributed by atoms with Crippen molar-refractivity contribution >= 4 is 16.8 Å². The van der Waals surface area contributed by atoms with Gasteiger partial charge in [-0.3, -0.25) is 14.7 Å². The van der Waals surface area contributed by atoms with E-state index in [0.29, 0.717) is 23.7 Å². The highest BCUT2D eigenvalue weighted by Gasteiger charge is 2.29. The maximum Gasteiger partial charge on any atom is 0.255 e. The van der Waals surface area contributed by atoms with Gasteiger partial charge in [-0.25, -0.2) is 0 Å². The number of nitrogens with zero attached hydrogens (tertiary/aromatic N) is 3. The van der Waals surface area contributed by atoms with E-state index in [2.05, 4.69) is 23.7 Å². The molecule has 0 spiro atoms. The van der Waals surface area contributed by atoms with Crippen LogP contribution in [0.3, 0.4) is 0 Å². The SMILES string of the molecule is COc1ccc2cc(C(=O)N3CCC(CN4CC(C)OC(C)C4)CC3)c(C)nc2c1. The minimum absolute atomic E-state index is 0.102. The fraction of sp³-hybridized carbons (Fsp3) is 0.583. The second-order valence-electron chi connectivity index (χ2n) is 8.89. The van der Waals surface area contributed by atoms with E-state index < -0.39 is 0 Å². The number of amides is 1. The number of pyridine rings is 1. The number of hydrogen-bond acceptors (Lipinski definition) is 5. The molecule has 0 radical (unpaired) electrons. The van der Waals surface area contributed by atoms with E-state index in [9.17, 15) is 4.79 Å². The van der Waals surface area contributed by atoms with E-state index in [1.165, 1.54) is 0 Å². The Morgan fingerprint density at radius 1 is 1.17 bits per heavy atom.